The predicted molar refractivity (Wildman–Crippen MR) is 80.7 cm³/mol. The van der Waals surface area contributed by atoms with Crippen LogP contribution in [0.3, 0.4) is 0 Å². The first kappa shape index (κ1) is 18.1. The van der Waals surface area contributed by atoms with Gasteiger partial charge in [0.25, 0.3) is 0 Å². The molecule has 0 N–H and O–H groups in total. The molecular formula is C17H20F3NO4. The molecule has 1 aliphatic carbocycles. The third kappa shape index (κ3) is 3.37. The first-order valence-electron chi connectivity index (χ1n) is 8.30. The van der Waals surface area contributed by atoms with Gasteiger partial charge in [-0.05, 0) is 31.9 Å². The lowest BCUT2D eigenvalue weighted by Crippen LogP contribution is -2.47. The highest BCUT2D eigenvalue weighted by molar-refractivity contribution is 5.82. The van der Waals surface area contributed by atoms with Crippen LogP contribution in [0.5, 0.6) is 0 Å². The minimum atomic E-state index is -4.47. The number of hydrogen-bond donors (Lipinski definition) is 0. The number of nitrogens with zero attached hydrogens (tertiary/aromatic N) is 1. The number of carbonyl (C=O) groups excluding carboxylic acids is 1. The average molecular weight is 359 g/mol. The summed E-state index contributed by atoms with van der Waals surface area (Å²) in [5, 5.41) is 0. The molecule has 0 amide bonds. The molecule has 5 nitrogen and oxygen atoms in total. The Morgan fingerprint density at radius 2 is 1.84 bits per heavy atom. The van der Waals surface area contributed by atoms with Crippen molar-refractivity contribution in [1.82, 2.24) is 4.98 Å². The molecule has 1 aromatic rings. The number of halogens is 3. The van der Waals surface area contributed by atoms with Crippen molar-refractivity contribution >= 4 is 5.97 Å². The summed E-state index contributed by atoms with van der Waals surface area (Å²) in [5.74, 6) is -1.16. The van der Waals surface area contributed by atoms with Crippen LogP contribution in [0.1, 0.15) is 43.9 Å². The Morgan fingerprint density at radius 3 is 2.32 bits per heavy atom. The standard InChI is InChI=1S/C17H20F3NO4/c1-2-23-14(22)15(5-7-16(8-6-15)24-9-10-25-16)13-4-3-12(11-21-13)17(18,19)20/h3-4,11H,2,5-10H2,1H3. The van der Waals surface area contributed by atoms with E-state index < -0.39 is 28.9 Å². The molecule has 3 rings (SSSR count). The lowest BCUT2D eigenvalue weighted by molar-refractivity contribution is -0.191. The van der Waals surface area contributed by atoms with Gasteiger partial charge >= 0.3 is 12.1 Å². The van der Waals surface area contributed by atoms with Crippen LogP contribution in [0.2, 0.25) is 0 Å². The van der Waals surface area contributed by atoms with Gasteiger partial charge in [-0.1, -0.05) is 0 Å². The molecule has 8 heteroatoms. The third-order valence-electron chi connectivity index (χ3n) is 4.93. The molecular weight excluding hydrogens is 339 g/mol. The van der Waals surface area contributed by atoms with Gasteiger partial charge in [0, 0.05) is 19.0 Å². The number of rotatable bonds is 3. The highest BCUT2D eigenvalue weighted by Gasteiger charge is 2.52. The smallest absolute Gasteiger partial charge is 0.417 e. The summed E-state index contributed by atoms with van der Waals surface area (Å²) in [5.41, 5.74) is -1.61. The fourth-order valence-electron chi connectivity index (χ4n) is 3.52. The molecule has 138 valence electrons. The second kappa shape index (κ2) is 6.57. The summed E-state index contributed by atoms with van der Waals surface area (Å²) in [6, 6.07) is 2.23. The van der Waals surface area contributed by atoms with Gasteiger partial charge in [-0.2, -0.15) is 13.2 Å². The Labute approximate surface area is 143 Å². The molecule has 0 aromatic carbocycles. The van der Waals surface area contributed by atoms with Crippen molar-refractivity contribution < 1.29 is 32.2 Å². The van der Waals surface area contributed by atoms with Gasteiger partial charge in [0.2, 0.25) is 0 Å². The van der Waals surface area contributed by atoms with Crippen LogP contribution in [0.4, 0.5) is 13.2 Å². The van der Waals surface area contributed by atoms with Gasteiger partial charge in [-0.25, -0.2) is 0 Å². The number of pyridine rings is 1. The maximum absolute atomic E-state index is 12.8. The lowest BCUT2D eigenvalue weighted by Gasteiger charge is -2.41. The Balaban J connectivity index is 1.89. The van der Waals surface area contributed by atoms with Gasteiger partial charge in [0.05, 0.1) is 31.1 Å². The van der Waals surface area contributed by atoms with Crippen molar-refractivity contribution in [3.05, 3.63) is 29.6 Å². The molecule has 1 saturated heterocycles. The molecule has 1 saturated carbocycles. The van der Waals surface area contributed by atoms with Crippen LogP contribution in [-0.2, 0) is 30.6 Å². The lowest BCUT2D eigenvalue weighted by atomic mass is 9.69. The summed E-state index contributed by atoms with van der Waals surface area (Å²) in [6.07, 6.45) is -2.06. The van der Waals surface area contributed by atoms with Crippen molar-refractivity contribution in [1.29, 1.82) is 0 Å². The highest BCUT2D eigenvalue weighted by Crippen LogP contribution is 2.47. The van der Waals surface area contributed by atoms with Gasteiger partial charge in [0.15, 0.2) is 5.79 Å². The first-order chi connectivity index (χ1) is 11.8. The normalized spacial score (nSPS) is 22.1. The van der Waals surface area contributed by atoms with E-state index in [-0.39, 0.29) is 6.61 Å². The number of ether oxygens (including phenoxy) is 3. The number of aromatic nitrogens is 1. The summed E-state index contributed by atoms with van der Waals surface area (Å²) in [4.78, 5) is 16.6. The minimum Gasteiger partial charge on any atom is -0.465 e. The molecule has 0 radical (unpaired) electrons. The third-order valence-corrected chi connectivity index (χ3v) is 4.93. The summed E-state index contributed by atoms with van der Waals surface area (Å²) < 4.78 is 54.9. The van der Waals surface area contributed by atoms with Crippen molar-refractivity contribution in [2.24, 2.45) is 0 Å². The summed E-state index contributed by atoms with van der Waals surface area (Å²) in [6.45, 7) is 2.90. The Hall–Kier alpha value is -1.67. The fraction of sp³-hybridized carbons (Fsp3) is 0.647. The van der Waals surface area contributed by atoms with Gasteiger partial charge in [-0.15, -0.1) is 0 Å². The molecule has 1 spiro atoms. The van der Waals surface area contributed by atoms with Crippen LogP contribution in [0.25, 0.3) is 0 Å². The first-order valence-corrected chi connectivity index (χ1v) is 8.30. The fourth-order valence-corrected chi connectivity index (χ4v) is 3.52. The van der Waals surface area contributed by atoms with Crippen molar-refractivity contribution in [3.8, 4) is 0 Å². The van der Waals surface area contributed by atoms with E-state index >= 15 is 0 Å². The summed E-state index contributed by atoms with van der Waals surface area (Å²) in [7, 11) is 0. The molecule has 2 fully saturated rings. The zero-order valence-electron chi connectivity index (χ0n) is 13.9. The van der Waals surface area contributed by atoms with Crippen LogP contribution in [-0.4, -0.2) is 36.6 Å². The zero-order valence-corrected chi connectivity index (χ0v) is 13.9. The van der Waals surface area contributed by atoms with E-state index in [9.17, 15) is 18.0 Å². The van der Waals surface area contributed by atoms with E-state index in [1.165, 1.54) is 6.07 Å². The van der Waals surface area contributed by atoms with Gasteiger partial charge in [-0.3, -0.25) is 9.78 Å². The van der Waals surface area contributed by atoms with Crippen LogP contribution < -0.4 is 0 Å². The predicted octanol–water partition coefficient (Wildman–Crippen LogP) is 3.22. The van der Waals surface area contributed by atoms with E-state index in [4.69, 9.17) is 14.2 Å². The van der Waals surface area contributed by atoms with Crippen LogP contribution >= 0.6 is 0 Å². The van der Waals surface area contributed by atoms with Crippen molar-refractivity contribution in [2.45, 2.75) is 50.0 Å². The molecule has 2 aliphatic rings. The number of esters is 1. The van der Waals surface area contributed by atoms with E-state index in [1.54, 1.807) is 6.92 Å². The molecule has 0 bridgehead atoms. The van der Waals surface area contributed by atoms with E-state index in [2.05, 4.69) is 4.98 Å². The van der Waals surface area contributed by atoms with Gasteiger partial charge < -0.3 is 14.2 Å². The molecule has 2 heterocycles. The highest BCUT2D eigenvalue weighted by atomic mass is 19.4. The molecule has 0 atom stereocenters. The SMILES string of the molecule is CCOC(=O)C1(c2ccc(C(F)(F)F)cn2)CCC2(CC1)OCCO2. The second-order valence-electron chi connectivity index (χ2n) is 6.34. The topological polar surface area (TPSA) is 57.7 Å². The zero-order chi connectivity index (χ0) is 18.1. The monoisotopic (exact) mass is 359 g/mol. The van der Waals surface area contributed by atoms with Crippen molar-refractivity contribution in [2.75, 3.05) is 19.8 Å². The number of alkyl halides is 3. The van der Waals surface area contributed by atoms with Crippen molar-refractivity contribution in [3.63, 3.8) is 0 Å². The molecule has 1 aromatic heterocycles. The Morgan fingerprint density at radius 1 is 1.20 bits per heavy atom. The maximum Gasteiger partial charge on any atom is 0.417 e. The van der Waals surface area contributed by atoms with Gasteiger partial charge in [0.1, 0.15) is 5.41 Å². The molecule has 25 heavy (non-hydrogen) atoms. The van der Waals surface area contributed by atoms with Crippen LogP contribution in [0, 0.1) is 0 Å². The molecule has 0 unspecified atom stereocenters. The van der Waals surface area contributed by atoms with Crippen LogP contribution in [0.15, 0.2) is 18.3 Å². The van der Waals surface area contributed by atoms with E-state index in [0.29, 0.717) is 44.6 Å². The Bertz CT molecular complexity index is 614. The molecule has 1 aliphatic heterocycles. The summed E-state index contributed by atoms with van der Waals surface area (Å²) >= 11 is 0. The van der Waals surface area contributed by atoms with E-state index in [0.717, 1.165) is 12.3 Å². The second-order valence-corrected chi connectivity index (χ2v) is 6.34. The number of hydrogen-bond acceptors (Lipinski definition) is 5. The number of carbonyl (C=O) groups is 1. The minimum absolute atomic E-state index is 0.194. The Kier molecular flexibility index (Phi) is 4.76. The largest absolute Gasteiger partial charge is 0.465 e. The maximum atomic E-state index is 12.8. The average Bonchev–Trinajstić information content (AvgIpc) is 3.04. The van der Waals surface area contributed by atoms with E-state index in [1.807, 2.05) is 0 Å². The quantitative estimate of drug-likeness (QED) is 0.776.